The zero-order valence-corrected chi connectivity index (χ0v) is 19.8. The molecule has 1 saturated heterocycles. The molecule has 4 aliphatic rings. The van der Waals surface area contributed by atoms with E-state index in [1.807, 2.05) is 13.1 Å². The van der Waals surface area contributed by atoms with Gasteiger partial charge in [0, 0.05) is 25.3 Å². The third-order valence-electron chi connectivity index (χ3n) is 7.18. The average Bonchev–Trinajstić information content (AvgIpc) is 3.49. The standard InChI is InChI=1S/C23H27N5O4S/c1-13-10-31-11-14-12-32-19-20(23(7-8-23)33(3,29)30)26-21(27-22(19)28(13)14)18-15-5-4-6-16(15)25-9-17(18)24-2/h4-5,9,13-14,24H,6-8,10-12H2,1-3H3/t13-,14+/m1/s1. The lowest BCUT2D eigenvalue weighted by atomic mass is 10.0. The first-order chi connectivity index (χ1) is 15.8. The van der Waals surface area contributed by atoms with Crippen molar-refractivity contribution >= 4 is 27.4 Å². The predicted molar refractivity (Wildman–Crippen MR) is 125 cm³/mol. The average molecular weight is 470 g/mol. The van der Waals surface area contributed by atoms with Gasteiger partial charge >= 0.3 is 0 Å². The highest BCUT2D eigenvalue weighted by atomic mass is 32.2. The van der Waals surface area contributed by atoms with Crippen LogP contribution in [0.2, 0.25) is 0 Å². The number of anilines is 2. The minimum atomic E-state index is -3.40. The highest BCUT2D eigenvalue weighted by molar-refractivity contribution is 7.92. The zero-order valence-electron chi connectivity index (χ0n) is 19.0. The summed E-state index contributed by atoms with van der Waals surface area (Å²) in [6.07, 6.45) is 9.03. The van der Waals surface area contributed by atoms with E-state index in [4.69, 9.17) is 19.4 Å². The van der Waals surface area contributed by atoms with Crippen molar-refractivity contribution in [3.8, 4) is 17.1 Å². The molecular formula is C23H27N5O4S. The molecule has 0 amide bonds. The Morgan fingerprint density at radius 3 is 2.76 bits per heavy atom. The molecule has 2 atom stereocenters. The zero-order chi connectivity index (χ0) is 23.0. The van der Waals surface area contributed by atoms with Crippen LogP contribution in [0.3, 0.4) is 0 Å². The lowest BCUT2D eigenvalue weighted by Crippen LogP contribution is -2.56. The van der Waals surface area contributed by atoms with Gasteiger partial charge in [-0.3, -0.25) is 4.98 Å². The number of allylic oxidation sites excluding steroid dienone is 1. The third-order valence-corrected chi connectivity index (χ3v) is 9.20. The van der Waals surface area contributed by atoms with E-state index in [9.17, 15) is 8.42 Å². The molecule has 0 unspecified atom stereocenters. The van der Waals surface area contributed by atoms with Crippen LogP contribution in [0, 0.1) is 0 Å². The van der Waals surface area contributed by atoms with E-state index in [-0.39, 0.29) is 12.1 Å². The molecule has 1 N–H and O–H groups in total. The molecule has 0 aromatic carbocycles. The summed E-state index contributed by atoms with van der Waals surface area (Å²) in [6.45, 7) is 3.64. The van der Waals surface area contributed by atoms with E-state index in [0.29, 0.717) is 55.7 Å². The third kappa shape index (κ3) is 3.00. The fraction of sp³-hybridized carbons (Fsp3) is 0.522. The van der Waals surface area contributed by atoms with Crippen LogP contribution in [0.4, 0.5) is 11.5 Å². The molecule has 10 heteroatoms. The van der Waals surface area contributed by atoms with Crippen LogP contribution in [0.15, 0.2) is 12.3 Å². The summed E-state index contributed by atoms with van der Waals surface area (Å²) in [4.78, 5) is 16.8. The van der Waals surface area contributed by atoms with E-state index in [2.05, 4.69) is 28.2 Å². The van der Waals surface area contributed by atoms with E-state index in [1.54, 1.807) is 6.20 Å². The van der Waals surface area contributed by atoms with Gasteiger partial charge in [0.15, 0.2) is 27.2 Å². The number of nitrogens with zero attached hydrogens (tertiary/aromatic N) is 4. The SMILES string of the molecule is CNc1cnc2c(c1-c1nc3c(c(C4(S(C)(=O)=O)CC4)n1)OC[C@@H]1COC[C@@H](C)N31)C=CC2. The molecule has 2 fully saturated rings. The molecular weight excluding hydrogens is 442 g/mol. The number of morpholine rings is 1. The number of ether oxygens (including phenoxy) is 2. The van der Waals surface area contributed by atoms with Gasteiger partial charge in [-0.1, -0.05) is 12.2 Å². The van der Waals surface area contributed by atoms with Crippen LogP contribution in [0.1, 0.15) is 36.7 Å². The van der Waals surface area contributed by atoms with Gasteiger partial charge in [0.1, 0.15) is 17.0 Å². The highest BCUT2D eigenvalue weighted by Gasteiger charge is 2.58. The fourth-order valence-electron chi connectivity index (χ4n) is 5.28. The van der Waals surface area contributed by atoms with E-state index < -0.39 is 14.6 Å². The molecule has 2 aromatic rings. The topological polar surface area (TPSA) is 107 Å². The normalized spacial score (nSPS) is 24.5. The van der Waals surface area contributed by atoms with Gasteiger partial charge in [-0.05, 0) is 19.8 Å². The van der Waals surface area contributed by atoms with Crippen molar-refractivity contribution in [2.24, 2.45) is 0 Å². The summed E-state index contributed by atoms with van der Waals surface area (Å²) in [7, 11) is -1.56. The van der Waals surface area contributed by atoms with Crippen LogP contribution >= 0.6 is 0 Å². The number of sulfone groups is 1. The molecule has 33 heavy (non-hydrogen) atoms. The monoisotopic (exact) mass is 469 g/mol. The van der Waals surface area contributed by atoms with Gasteiger partial charge < -0.3 is 19.7 Å². The number of fused-ring (bicyclic) bond motifs is 4. The lowest BCUT2D eigenvalue weighted by molar-refractivity contribution is 0.0483. The van der Waals surface area contributed by atoms with Crippen molar-refractivity contribution in [3.63, 3.8) is 0 Å². The van der Waals surface area contributed by atoms with E-state index in [1.165, 1.54) is 6.26 Å². The minimum absolute atomic E-state index is 0.0251. The van der Waals surface area contributed by atoms with Crippen molar-refractivity contribution in [2.45, 2.75) is 43.0 Å². The van der Waals surface area contributed by atoms with Crippen LogP contribution < -0.4 is 15.0 Å². The lowest BCUT2D eigenvalue weighted by Gasteiger charge is -2.45. The maximum absolute atomic E-state index is 12.9. The Morgan fingerprint density at radius 2 is 2.03 bits per heavy atom. The van der Waals surface area contributed by atoms with Gasteiger partial charge in [-0.15, -0.1) is 0 Å². The number of hydrogen-bond acceptors (Lipinski definition) is 9. The Morgan fingerprint density at radius 1 is 1.21 bits per heavy atom. The van der Waals surface area contributed by atoms with Gasteiger partial charge in [-0.2, -0.15) is 0 Å². The first-order valence-corrected chi connectivity index (χ1v) is 13.2. The first kappa shape index (κ1) is 20.9. The van der Waals surface area contributed by atoms with Gasteiger partial charge in [0.25, 0.3) is 0 Å². The largest absolute Gasteiger partial charge is 0.486 e. The molecule has 2 aromatic heterocycles. The Hall–Kier alpha value is -2.72. The summed E-state index contributed by atoms with van der Waals surface area (Å²) < 4.78 is 36.8. The molecule has 2 aliphatic carbocycles. The summed E-state index contributed by atoms with van der Waals surface area (Å²) >= 11 is 0. The van der Waals surface area contributed by atoms with Crippen LogP contribution in [-0.2, 0) is 25.7 Å². The Kier molecular flexibility index (Phi) is 4.51. The number of hydrogen-bond donors (Lipinski definition) is 1. The molecule has 0 bridgehead atoms. The number of rotatable bonds is 4. The molecule has 0 radical (unpaired) electrons. The molecule has 4 heterocycles. The smallest absolute Gasteiger partial charge is 0.185 e. The van der Waals surface area contributed by atoms with Gasteiger partial charge in [0.2, 0.25) is 0 Å². The maximum atomic E-state index is 12.9. The predicted octanol–water partition coefficient (Wildman–Crippen LogP) is 2.17. The van der Waals surface area contributed by atoms with Crippen LogP contribution in [-0.4, -0.2) is 68.6 Å². The van der Waals surface area contributed by atoms with Crippen LogP contribution in [0.25, 0.3) is 17.5 Å². The second-order valence-corrected chi connectivity index (χ2v) is 11.7. The van der Waals surface area contributed by atoms with Gasteiger partial charge in [0.05, 0.1) is 48.4 Å². The van der Waals surface area contributed by atoms with Gasteiger partial charge in [-0.25, -0.2) is 18.4 Å². The molecule has 174 valence electrons. The summed E-state index contributed by atoms with van der Waals surface area (Å²) in [5.41, 5.74) is 4.06. The van der Waals surface area contributed by atoms with E-state index >= 15 is 0 Å². The molecule has 0 spiro atoms. The van der Waals surface area contributed by atoms with Crippen molar-refractivity contribution in [3.05, 3.63) is 29.2 Å². The van der Waals surface area contributed by atoms with Crippen molar-refractivity contribution in [1.82, 2.24) is 15.0 Å². The fourth-order valence-corrected chi connectivity index (χ4v) is 6.61. The molecule has 1 saturated carbocycles. The van der Waals surface area contributed by atoms with Crippen molar-refractivity contribution in [1.29, 1.82) is 0 Å². The molecule has 2 aliphatic heterocycles. The second-order valence-electron chi connectivity index (χ2n) is 9.34. The maximum Gasteiger partial charge on any atom is 0.185 e. The summed E-state index contributed by atoms with van der Waals surface area (Å²) in [5.74, 6) is 1.65. The molecule has 9 nitrogen and oxygen atoms in total. The van der Waals surface area contributed by atoms with Crippen molar-refractivity contribution in [2.75, 3.05) is 43.3 Å². The number of nitrogens with one attached hydrogen (secondary N) is 1. The summed E-state index contributed by atoms with van der Waals surface area (Å²) in [5, 5.41) is 3.21. The Bertz CT molecular complexity index is 1290. The second kappa shape index (κ2) is 7.14. The quantitative estimate of drug-likeness (QED) is 0.721. The van der Waals surface area contributed by atoms with Crippen LogP contribution in [0.5, 0.6) is 5.75 Å². The first-order valence-electron chi connectivity index (χ1n) is 11.3. The number of pyridine rings is 1. The summed E-state index contributed by atoms with van der Waals surface area (Å²) in [6, 6.07) is 0.110. The Balaban J connectivity index is 1.64. The minimum Gasteiger partial charge on any atom is -0.486 e. The van der Waals surface area contributed by atoms with Crippen molar-refractivity contribution < 1.29 is 17.9 Å². The molecule has 6 rings (SSSR count). The Labute approximate surface area is 193 Å². The number of aromatic nitrogens is 3. The van der Waals surface area contributed by atoms with E-state index in [0.717, 1.165) is 28.9 Å². The highest BCUT2D eigenvalue weighted by Crippen LogP contribution is 2.57.